The van der Waals surface area contributed by atoms with E-state index in [9.17, 15) is 0 Å². The van der Waals surface area contributed by atoms with E-state index in [1.807, 2.05) is 6.07 Å². The van der Waals surface area contributed by atoms with Gasteiger partial charge in [-0.25, -0.2) is 0 Å². The van der Waals surface area contributed by atoms with Gasteiger partial charge in [-0.15, -0.1) is 0 Å². The monoisotopic (exact) mass is 233 g/mol. The molecule has 1 N–H and O–H groups in total. The van der Waals surface area contributed by atoms with Crippen molar-refractivity contribution in [1.82, 2.24) is 5.32 Å². The van der Waals surface area contributed by atoms with Crippen LogP contribution in [0.3, 0.4) is 0 Å². The predicted octanol–water partition coefficient (Wildman–Crippen LogP) is 2.06. The molecule has 17 heavy (non-hydrogen) atoms. The lowest BCUT2D eigenvalue weighted by Crippen LogP contribution is -2.49. The van der Waals surface area contributed by atoms with Crippen molar-refractivity contribution in [1.29, 1.82) is 0 Å². The van der Waals surface area contributed by atoms with Crippen LogP contribution in [0.1, 0.15) is 30.6 Å². The summed E-state index contributed by atoms with van der Waals surface area (Å²) in [5, 5.41) is 3.58. The summed E-state index contributed by atoms with van der Waals surface area (Å²) in [6.45, 7) is 3.09. The molecule has 3 heteroatoms. The fourth-order valence-corrected chi connectivity index (χ4v) is 2.88. The van der Waals surface area contributed by atoms with Crippen LogP contribution in [0, 0.1) is 0 Å². The van der Waals surface area contributed by atoms with E-state index >= 15 is 0 Å². The molecular weight excluding hydrogens is 214 g/mol. The Morgan fingerprint density at radius 2 is 2.29 bits per heavy atom. The highest BCUT2D eigenvalue weighted by Crippen LogP contribution is 2.37. The predicted molar refractivity (Wildman–Crippen MR) is 66.4 cm³/mol. The fraction of sp³-hybridized carbons (Fsp3) is 0.571. The summed E-state index contributed by atoms with van der Waals surface area (Å²) in [5.41, 5.74) is 2.71. The van der Waals surface area contributed by atoms with Gasteiger partial charge in [-0.1, -0.05) is 6.07 Å². The van der Waals surface area contributed by atoms with E-state index in [0.29, 0.717) is 12.1 Å². The third kappa shape index (κ3) is 1.94. The number of nitrogens with one attached hydrogen (secondary N) is 1. The molecule has 0 bridgehead atoms. The number of methoxy groups -OCH3 is 1. The molecule has 3 rings (SSSR count). The van der Waals surface area contributed by atoms with Gasteiger partial charge in [0.05, 0.1) is 19.3 Å². The van der Waals surface area contributed by atoms with Crippen LogP contribution >= 0.6 is 0 Å². The number of hydrogen-bond acceptors (Lipinski definition) is 3. The zero-order chi connectivity index (χ0) is 11.8. The second-order valence-corrected chi connectivity index (χ2v) is 4.99. The molecule has 0 saturated carbocycles. The molecule has 92 valence electrons. The Bertz CT molecular complexity index is 419. The molecule has 0 radical (unpaired) electrons. The summed E-state index contributed by atoms with van der Waals surface area (Å²) in [4.78, 5) is 0. The summed E-state index contributed by atoms with van der Waals surface area (Å²) < 4.78 is 11.4. The number of morpholine rings is 1. The van der Waals surface area contributed by atoms with Crippen LogP contribution in [0.4, 0.5) is 0 Å². The summed E-state index contributed by atoms with van der Waals surface area (Å²) >= 11 is 0. The molecule has 1 heterocycles. The normalized spacial score (nSPS) is 31.5. The first-order chi connectivity index (χ1) is 8.28. The van der Waals surface area contributed by atoms with Crippen molar-refractivity contribution in [3.05, 3.63) is 29.3 Å². The van der Waals surface area contributed by atoms with Crippen molar-refractivity contribution in [2.24, 2.45) is 0 Å². The maximum absolute atomic E-state index is 6.09. The van der Waals surface area contributed by atoms with Crippen LogP contribution < -0.4 is 10.1 Å². The van der Waals surface area contributed by atoms with Gasteiger partial charge in [0.25, 0.3) is 0 Å². The minimum Gasteiger partial charge on any atom is -0.497 e. The van der Waals surface area contributed by atoms with Gasteiger partial charge in [-0.05, 0) is 43.0 Å². The number of hydrogen-bond donors (Lipinski definition) is 1. The third-order valence-electron chi connectivity index (χ3n) is 3.79. The zero-order valence-corrected chi connectivity index (χ0v) is 10.4. The highest BCUT2D eigenvalue weighted by Gasteiger charge is 2.34. The van der Waals surface area contributed by atoms with Gasteiger partial charge in [0, 0.05) is 12.6 Å². The maximum atomic E-state index is 6.09. The molecule has 1 aliphatic heterocycles. The zero-order valence-electron chi connectivity index (χ0n) is 10.4. The summed E-state index contributed by atoms with van der Waals surface area (Å²) in [7, 11) is 1.72. The molecule has 1 aromatic rings. The average Bonchev–Trinajstić information content (AvgIpc) is 2.37. The van der Waals surface area contributed by atoms with E-state index in [0.717, 1.165) is 25.1 Å². The van der Waals surface area contributed by atoms with Gasteiger partial charge in [-0.3, -0.25) is 0 Å². The number of aryl methyl sites for hydroxylation is 1. The minimum atomic E-state index is 0.216. The van der Waals surface area contributed by atoms with E-state index in [1.54, 1.807) is 7.11 Å². The molecule has 1 fully saturated rings. The van der Waals surface area contributed by atoms with Gasteiger partial charge in [0.1, 0.15) is 5.75 Å². The first-order valence-electron chi connectivity index (χ1n) is 6.33. The second kappa shape index (κ2) is 4.31. The molecule has 2 aliphatic rings. The number of benzene rings is 1. The lowest BCUT2D eigenvalue weighted by molar-refractivity contribution is -0.0618. The SMILES string of the molecule is COc1ccc2c(c1)CCC1NCC(C)OC21. The van der Waals surface area contributed by atoms with Crippen LogP contribution in [0.2, 0.25) is 0 Å². The first-order valence-corrected chi connectivity index (χ1v) is 6.33. The number of fused-ring (bicyclic) bond motifs is 3. The van der Waals surface area contributed by atoms with Crippen LogP contribution in [0.5, 0.6) is 5.75 Å². The van der Waals surface area contributed by atoms with Crippen molar-refractivity contribution in [2.75, 3.05) is 13.7 Å². The Balaban J connectivity index is 1.94. The number of rotatable bonds is 1. The van der Waals surface area contributed by atoms with E-state index in [-0.39, 0.29) is 6.10 Å². The summed E-state index contributed by atoms with van der Waals surface area (Å²) in [5.74, 6) is 0.944. The largest absolute Gasteiger partial charge is 0.497 e. The van der Waals surface area contributed by atoms with Crippen LogP contribution in [-0.2, 0) is 11.2 Å². The summed E-state index contributed by atoms with van der Waals surface area (Å²) in [6, 6.07) is 6.81. The second-order valence-electron chi connectivity index (χ2n) is 4.99. The van der Waals surface area contributed by atoms with E-state index in [1.165, 1.54) is 11.1 Å². The lowest BCUT2D eigenvalue weighted by Gasteiger charge is -2.40. The van der Waals surface area contributed by atoms with Gasteiger partial charge in [0.2, 0.25) is 0 Å². The molecule has 1 saturated heterocycles. The van der Waals surface area contributed by atoms with Gasteiger partial charge < -0.3 is 14.8 Å². The van der Waals surface area contributed by atoms with Gasteiger partial charge >= 0.3 is 0 Å². The van der Waals surface area contributed by atoms with E-state index < -0.39 is 0 Å². The molecule has 0 amide bonds. The highest BCUT2D eigenvalue weighted by atomic mass is 16.5. The van der Waals surface area contributed by atoms with E-state index in [2.05, 4.69) is 24.4 Å². The Morgan fingerprint density at radius 3 is 3.12 bits per heavy atom. The molecule has 1 aromatic carbocycles. The maximum Gasteiger partial charge on any atom is 0.119 e. The fourth-order valence-electron chi connectivity index (χ4n) is 2.88. The molecule has 0 aromatic heterocycles. The quantitative estimate of drug-likeness (QED) is 0.805. The van der Waals surface area contributed by atoms with Crippen molar-refractivity contribution < 1.29 is 9.47 Å². The topological polar surface area (TPSA) is 30.5 Å². The minimum absolute atomic E-state index is 0.216. The first kappa shape index (κ1) is 11.1. The van der Waals surface area contributed by atoms with Crippen LogP contribution in [0.15, 0.2) is 18.2 Å². The molecule has 0 spiro atoms. The molecule has 1 aliphatic carbocycles. The molecule has 3 unspecified atom stereocenters. The third-order valence-corrected chi connectivity index (χ3v) is 3.79. The van der Waals surface area contributed by atoms with Crippen LogP contribution in [-0.4, -0.2) is 25.8 Å². The van der Waals surface area contributed by atoms with E-state index in [4.69, 9.17) is 9.47 Å². The lowest BCUT2D eigenvalue weighted by atomic mass is 9.84. The Labute approximate surface area is 102 Å². The van der Waals surface area contributed by atoms with Crippen LogP contribution in [0.25, 0.3) is 0 Å². The van der Waals surface area contributed by atoms with Gasteiger partial charge in [-0.2, -0.15) is 0 Å². The summed E-state index contributed by atoms with van der Waals surface area (Å²) in [6.07, 6.45) is 2.77. The molecule has 3 atom stereocenters. The number of ether oxygens (including phenoxy) is 2. The Morgan fingerprint density at radius 1 is 1.41 bits per heavy atom. The highest BCUT2D eigenvalue weighted by molar-refractivity contribution is 5.39. The van der Waals surface area contributed by atoms with Crippen molar-refractivity contribution in [3.8, 4) is 5.75 Å². The van der Waals surface area contributed by atoms with Gasteiger partial charge in [0.15, 0.2) is 0 Å². The molecular formula is C14H19NO2. The molecule has 3 nitrogen and oxygen atoms in total. The Hall–Kier alpha value is -1.06. The van der Waals surface area contributed by atoms with Crippen molar-refractivity contribution >= 4 is 0 Å². The smallest absolute Gasteiger partial charge is 0.119 e. The van der Waals surface area contributed by atoms with Crippen molar-refractivity contribution in [2.45, 2.75) is 38.0 Å². The Kier molecular flexibility index (Phi) is 2.81. The standard InChI is InChI=1S/C14H19NO2/c1-9-8-15-13-6-3-10-7-11(16-2)4-5-12(10)14(13)17-9/h4-5,7,9,13-15H,3,6,8H2,1-2H3. The van der Waals surface area contributed by atoms with Crippen molar-refractivity contribution in [3.63, 3.8) is 0 Å². The average molecular weight is 233 g/mol.